The van der Waals surface area contributed by atoms with Gasteiger partial charge in [-0.15, -0.1) is 0 Å². The zero-order chi connectivity index (χ0) is 13.8. The van der Waals surface area contributed by atoms with E-state index in [-0.39, 0.29) is 22.5 Å². The molecule has 1 atom stereocenters. The minimum Gasteiger partial charge on any atom is -0.497 e. The van der Waals surface area contributed by atoms with Crippen LogP contribution in [0, 0.1) is 0 Å². The van der Waals surface area contributed by atoms with Gasteiger partial charge in [-0.05, 0) is 25.5 Å². The second-order valence-corrected chi connectivity index (χ2v) is 6.10. The molecule has 0 aliphatic carbocycles. The highest BCUT2D eigenvalue weighted by Gasteiger charge is 2.18. The molecule has 0 heterocycles. The number of methoxy groups -OCH3 is 1. The van der Waals surface area contributed by atoms with Gasteiger partial charge >= 0.3 is 0 Å². The van der Waals surface area contributed by atoms with E-state index in [1.165, 1.54) is 19.2 Å². The summed E-state index contributed by atoms with van der Waals surface area (Å²) in [5.74, 6) is 0.437. The predicted octanol–water partition coefficient (Wildman–Crippen LogP) is 1.36. The molecule has 102 valence electrons. The lowest BCUT2D eigenvalue weighted by molar-refractivity contribution is 0.413. The molecule has 0 aliphatic heterocycles. The molecule has 0 bridgehead atoms. The van der Waals surface area contributed by atoms with Crippen molar-refractivity contribution in [1.29, 1.82) is 0 Å². The Morgan fingerprint density at radius 2 is 2.17 bits per heavy atom. The zero-order valence-electron chi connectivity index (χ0n) is 10.3. The minimum atomic E-state index is -3.64. The average Bonchev–Trinajstić information content (AvgIpc) is 2.28. The van der Waals surface area contributed by atoms with Crippen molar-refractivity contribution in [2.24, 2.45) is 5.73 Å². The van der Waals surface area contributed by atoms with E-state index in [0.717, 1.165) is 0 Å². The van der Waals surface area contributed by atoms with Crippen LogP contribution in [0.25, 0.3) is 0 Å². The van der Waals surface area contributed by atoms with Gasteiger partial charge in [-0.1, -0.05) is 11.6 Å². The van der Waals surface area contributed by atoms with E-state index < -0.39 is 10.0 Å². The number of nitrogens with one attached hydrogen (secondary N) is 1. The third-order valence-electron chi connectivity index (χ3n) is 2.32. The molecular weight excluding hydrogens is 276 g/mol. The molecule has 18 heavy (non-hydrogen) atoms. The molecule has 0 aromatic heterocycles. The summed E-state index contributed by atoms with van der Waals surface area (Å²) in [5.41, 5.74) is 5.56. The normalized spacial score (nSPS) is 13.3. The van der Waals surface area contributed by atoms with Crippen molar-refractivity contribution >= 4 is 21.6 Å². The van der Waals surface area contributed by atoms with Crippen molar-refractivity contribution in [3.05, 3.63) is 23.2 Å². The summed E-state index contributed by atoms with van der Waals surface area (Å²) in [6.07, 6.45) is 0.556. The predicted molar refractivity (Wildman–Crippen MR) is 71.5 cm³/mol. The number of rotatable bonds is 6. The smallest absolute Gasteiger partial charge is 0.242 e. The topological polar surface area (TPSA) is 81.4 Å². The van der Waals surface area contributed by atoms with Crippen molar-refractivity contribution in [3.63, 3.8) is 0 Å². The van der Waals surface area contributed by atoms with Gasteiger partial charge in [-0.2, -0.15) is 0 Å². The fourth-order valence-electron chi connectivity index (χ4n) is 1.32. The summed E-state index contributed by atoms with van der Waals surface area (Å²) in [6, 6.07) is 4.41. The largest absolute Gasteiger partial charge is 0.497 e. The van der Waals surface area contributed by atoms with Crippen molar-refractivity contribution in [2.45, 2.75) is 24.3 Å². The first-order chi connectivity index (χ1) is 8.36. The summed E-state index contributed by atoms with van der Waals surface area (Å²) >= 11 is 5.88. The molecule has 0 spiro atoms. The van der Waals surface area contributed by atoms with Crippen LogP contribution in [0.3, 0.4) is 0 Å². The number of hydrogen-bond acceptors (Lipinski definition) is 4. The Balaban J connectivity index is 2.90. The Labute approximate surface area is 112 Å². The van der Waals surface area contributed by atoms with Crippen molar-refractivity contribution < 1.29 is 13.2 Å². The van der Waals surface area contributed by atoms with Crippen molar-refractivity contribution in [2.75, 3.05) is 13.7 Å². The third kappa shape index (κ3) is 4.13. The maximum atomic E-state index is 12.0. The molecule has 7 heteroatoms. The average molecular weight is 293 g/mol. The van der Waals surface area contributed by atoms with E-state index in [1.807, 2.05) is 6.92 Å². The quantitative estimate of drug-likeness (QED) is 0.829. The Morgan fingerprint density at radius 1 is 1.50 bits per heavy atom. The van der Waals surface area contributed by atoms with Gasteiger partial charge in [-0.25, -0.2) is 13.1 Å². The highest BCUT2D eigenvalue weighted by atomic mass is 35.5. The summed E-state index contributed by atoms with van der Waals surface area (Å²) in [5, 5.41) is 0.157. The van der Waals surface area contributed by atoms with Crippen LogP contribution in [0.1, 0.15) is 13.3 Å². The number of sulfonamides is 1. The van der Waals surface area contributed by atoms with Gasteiger partial charge in [0.15, 0.2) is 0 Å². The first-order valence-corrected chi connectivity index (χ1v) is 7.31. The number of hydrogen-bond donors (Lipinski definition) is 2. The molecule has 1 aromatic carbocycles. The molecule has 0 radical (unpaired) electrons. The maximum Gasteiger partial charge on any atom is 0.242 e. The molecule has 0 fully saturated rings. The summed E-state index contributed by atoms with van der Waals surface area (Å²) in [7, 11) is -2.18. The second kappa shape index (κ2) is 6.38. The summed E-state index contributed by atoms with van der Waals surface area (Å²) in [4.78, 5) is 0.00758. The lowest BCUT2D eigenvalue weighted by Crippen LogP contribution is -2.29. The zero-order valence-corrected chi connectivity index (χ0v) is 11.9. The lowest BCUT2D eigenvalue weighted by atomic mass is 10.3. The van der Waals surface area contributed by atoms with Crippen LogP contribution >= 0.6 is 11.6 Å². The van der Waals surface area contributed by atoms with E-state index in [2.05, 4.69) is 4.72 Å². The first-order valence-electron chi connectivity index (χ1n) is 5.45. The van der Waals surface area contributed by atoms with Crippen LogP contribution in [0.4, 0.5) is 0 Å². The highest BCUT2D eigenvalue weighted by molar-refractivity contribution is 7.89. The standard InChI is InChI=1S/C11H17ClN2O3S/c1-8(13)5-6-14-18(15,16)11-7-9(17-2)3-4-10(11)12/h3-4,7-8,14H,5-6,13H2,1-2H3/t8-/m1/s1. The van der Waals surface area contributed by atoms with Crippen LogP contribution in [-0.2, 0) is 10.0 Å². The van der Waals surface area contributed by atoms with Crippen molar-refractivity contribution in [1.82, 2.24) is 4.72 Å². The van der Waals surface area contributed by atoms with Crippen molar-refractivity contribution in [3.8, 4) is 5.75 Å². The van der Waals surface area contributed by atoms with Gasteiger partial charge in [-0.3, -0.25) is 0 Å². The first kappa shape index (κ1) is 15.2. The number of nitrogens with two attached hydrogens (primary N) is 1. The number of ether oxygens (including phenoxy) is 1. The van der Waals surface area contributed by atoms with E-state index >= 15 is 0 Å². The molecule has 0 unspecified atom stereocenters. The van der Waals surface area contributed by atoms with E-state index in [1.54, 1.807) is 6.07 Å². The second-order valence-electron chi connectivity index (χ2n) is 3.96. The van der Waals surface area contributed by atoms with Gasteiger partial charge in [0, 0.05) is 18.7 Å². The van der Waals surface area contributed by atoms with Gasteiger partial charge in [0.1, 0.15) is 10.6 Å². The Hall–Kier alpha value is -0.820. The summed E-state index contributed by atoms with van der Waals surface area (Å²) in [6.45, 7) is 2.08. The molecule has 0 aliphatic rings. The molecule has 0 saturated carbocycles. The highest BCUT2D eigenvalue weighted by Crippen LogP contribution is 2.25. The molecule has 0 amide bonds. The van der Waals surface area contributed by atoms with Crippen LogP contribution in [0.5, 0.6) is 5.75 Å². The van der Waals surface area contributed by atoms with Gasteiger partial charge in [0.25, 0.3) is 0 Å². The molecule has 1 aromatic rings. The third-order valence-corrected chi connectivity index (χ3v) is 4.26. The van der Waals surface area contributed by atoms with Crippen LogP contribution in [0.15, 0.2) is 23.1 Å². The van der Waals surface area contributed by atoms with E-state index in [0.29, 0.717) is 12.2 Å². The lowest BCUT2D eigenvalue weighted by Gasteiger charge is -2.10. The monoisotopic (exact) mass is 292 g/mol. The van der Waals surface area contributed by atoms with Gasteiger partial charge < -0.3 is 10.5 Å². The van der Waals surface area contributed by atoms with Crippen LogP contribution in [-0.4, -0.2) is 28.1 Å². The maximum absolute atomic E-state index is 12.0. The summed E-state index contributed by atoms with van der Waals surface area (Å²) < 4.78 is 31.4. The van der Waals surface area contributed by atoms with E-state index in [4.69, 9.17) is 22.1 Å². The van der Waals surface area contributed by atoms with Gasteiger partial charge in [0.2, 0.25) is 10.0 Å². The molecule has 5 nitrogen and oxygen atoms in total. The van der Waals surface area contributed by atoms with E-state index in [9.17, 15) is 8.42 Å². The Morgan fingerprint density at radius 3 is 2.72 bits per heavy atom. The Kier molecular flexibility index (Phi) is 5.40. The number of halogens is 1. The van der Waals surface area contributed by atoms with Crippen LogP contribution in [0.2, 0.25) is 5.02 Å². The number of benzene rings is 1. The fraction of sp³-hybridized carbons (Fsp3) is 0.455. The minimum absolute atomic E-state index is 0.00758. The SMILES string of the molecule is COc1ccc(Cl)c(S(=O)(=O)NCC[C@@H](C)N)c1. The Bertz CT molecular complexity index is 503. The van der Waals surface area contributed by atoms with Gasteiger partial charge in [0.05, 0.1) is 12.1 Å². The molecule has 0 saturated heterocycles. The van der Waals surface area contributed by atoms with Crippen LogP contribution < -0.4 is 15.2 Å². The molecule has 1 rings (SSSR count). The molecular formula is C11H17ClN2O3S. The fourth-order valence-corrected chi connectivity index (χ4v) is 2.88. The molecule has 3 N–H and O–H groups in total.